The molecule has 0 aliphatic carbocycles. The molecular formula is C30H36N4O5. The van der Waals surface area contributed by atoms with E-state index < -0.39 is 11.9 Å². The number of ether oxygens (including phenoxy) is 2. The lowest BCUT2D eigenvalue weighted by atomic mass is 10.1. The van der Waals surface area contributed by atoms with Crippen LogP contribution in [0.3, 0.4) is 0 Å². The van der Waals surface area contributed by atoms with Gasteiger partial charge in [0.1, 0.15) is 18.1 Å². The molecule has 4 N–H and O–H groups in total. The lowest BCUT2D eigenvalue weighted by Crippen LogP contribution is -2.35. The molecule has 9 heteroatoms. The highest BCUT2D eigenvalue weighted by molar-refractivity contribution is 6.06. The first-order valence-electron chi connectivity index (χ1n) is 12.9. The van der Waals surface area contributed by atoms with Gasteiger partial charge in [0.2, 0.25) is 5.91 Å². The fourth-order valence-electron chi connectivity index (χ4n) is 3.50. The number of hydrogen-bond donors (Lipinski definition) is 4. The number of carbonyl (C=O) groups excluding carboxylic acids is 3. The van der Waals surface area contributed by atoms with Crippen molar-refractivity contribution >= 4 is 29.1 Å². The summed E-state index contributed by atoms with van der Waals surface area (Å²) in [4.78, 5) is 38.0. The van der Waals surface area contributed by atoms with Gasteiger partial charge in [-0.15, -0.1) is 0 Å². The Bertz CT molecular complexity index is 1300. The van der Waals surface area contributed by atoms with Crippen LogP contribution in [0.4, 0.5) is 11.4 Å². The van der Waals surface area contributed by atoms with Crippen molar-refractivity contribution in [3.05, 3.63) is 83.4 Å². The fourth-order valence-corrected chi connectivity index (χ4v) is 3.50. The molecule has 0 aliphatic rings. The van der Waals surface area contributed by atoms with Crippen LogP contribution >= 0.6 is 0 Å². The summed E-state index contributed by atoms with van der Waals surface area (Å²) >= 11 is 0. The largest absolute Gasteiger partial charge is 0.489 e. The zero-order valence-corrected chi connectivity index (χ0v) is 23.0. The van der Waals surface area contributed by atoms with E-state index in [0.717, 1.165) is 12.0 Å². The van der Waals surface area contributed by atoms with Crippen LogP contribution < -0.4 is 30.7 Å². The molecule has 0 saturated carbocycles. The lowest BCUT2D eigenvalue weighted by molar-refractivity contribution is -0.117. The normalized spacial score (nSPS) is 12.1. The number of likely N-dealkylation sites (N-methyl/N-ethyl adjacent to an activating group) is 1. The highest BCUT2D eigenvalue weighted by Gasteiger charge is 2.18. The Hall–Kier alpha value is -4.37. The number of rotatable bonds is 12. The van der Waals surface area contributed by atoms with Crippen LogP contribution in [0.5, 0.6) is 11.5 Å². The number of benzene rings is 3. The van der Waals surface area contributed by atoms with Crippen molar-refractivity contribution < 1.29 is 23.9 Å². The number of amides is 3. The molecule has 0 heterocycles. The van der Waals surface area contributed by atoms with Crippen molar-refractivity contribution in [2.75, 3.05) is 24.7 Å². The molecule has 3 amide bonds. The van der Waals surface area contributed by atoms with Gasteiger partial charge in [-0.3, -0.25) is 14.4 Å². The predicted molar refractivity (Wildman–Crippen MR) is 153 cm³/mol. The van der Waals surface area contributed by atoms with Crippen molar-refractivity contribution in [1.29, 1.82) is 0 Å². The van der Waals surface area contributed by atoms with Crippen molar-refractivity contribution in [2.24, 2.45) is 0 Å². The van der Waals surface area contributed by atoms with Crippen LogP contribution in [0.1, 0.15) is 53.5 Å². The zero-order valence-electron chi connectivity index (χ0n) is 23.0. The van der Waals surface area contributed by atoms with E-state index in [2.05, 4.69) is 21.3 Å². The van der Waals surface area contributed by atoms with Crippen molar-refractivity contribution in [3.63, 3.8) is 0 Å². The van der Waals surface area contributed by atoms with E-state index in [1.807, 2.05) is 44.2 Å². The first-order chi connectivity index (χ1) is 18.7. The van der Waals surface area contributed by atoms with Gasteiger partial charge in [0, 0.05) is 18.2 Å². The number of hydrogen-bond acceptors (Lipinski definition) is 6. The molecule has 0 fully saturated rings. The molecule has 2 unspecified atom stereocenters. The Kier molecular flexibility index (Phi) is 10.5. The van der Waals surface area contributed by atoms with Crippen LogP contribution in [0, 0.1) is 0 Å². The molecule has 3 rings (SSSR count). The summed E-state index contributed by atoms with van der Waals surface area (Å²) in [6.45, 7) is 5.90. The molecule has 0 saturated heterocycles. The molecule has 2 atom stereocenters. The Morgan fingerprint density at radius 3 is 2.03 bits per heavy atom. The van der Waals surface area contributed by atoms with E-state index in [-0.39, 0.29) is 24.5 Å². The van der Waals surface area contributed by atoms with Gasteiger partial charge in [-0.2, -0.15) is 0 Å². The van der Waals surface area contributed by atoms with E-state index in [0.29, 0.717) is 34.0 Å². The van der Waals surface area contributed by atoms with Crippen LogP contribution in [0.25, 0.3) is 0 Å². The average molecular weight is 533 g/mol. The molecule has 0 aliphatic heterocycles. The van der Waals surface area contributed by atoms with E-state index >= 15 is 0 Å². The van der Waals surface area contributed by atoms with Crippen LogP contribution in [0.2, 0.25) is 0 Å². The van der Waals surface area contributed by atoms with Gasteiger partial charge in [0.05, 0.1) is 23.5 Å². The van der Waals surface area contributed by atoms with E-state index in [1.165, 1.54) is 0 Å². The second-order valence-electron chi connectivity index (χ2n) is 9.07. The van der Waals surface area contributed by atoms with Crippen LogP contribution in [-0.2, 0) is 11.4 Å². The summed E-state index contributed by atoms with van der Waals surface area (Å²) in [6, 6.07) is 18.9. The Morgan fingerprint density at radius 1 is 0.795 bits per heavy atom. The number of anilines is 2. The third-order valence-electron chi connectivity index (χ3n) is 6.19. The summed E-state index contributed by atoms with van der Waals surface area (Å²) in [6.07, 6.45) is 0.625. The molecule has 0 aromatic heterocycles. The maximum atomic E-state index is 13.3. The average Bonchev–Trinajstić information content (AvgIpc) is 2.96. The third kappa shape index (κ3) is 8.05. The van der Waals surface area contributed by atoms with Gasteiger partial charge in [-0.05, 0) is 69.3 Å². The first-order valence-corrected chi connectivity index (χ1v) is 12.9. The minimum atomic E-state index is -0.420. The minimum Gasteiger partial charge on any atom is -0.489 e. The molecule has 0 spiro atoms. The SMILES string of the molecule is CCC(C)Oc1cc(C(=O)NC)ccc1NC(=O)c1ccc(NC(=O)C(C)NC)c(OCc2ccccc2)c1. The first kappa shape index (κ1) is 29.2. The maximum Gasteiger partial charge on any atom is 0.255 e. The highest BCUT2D eigenvalue weighted by Crippen LogP contribution is 2.30. The third-order valence-corrected chi connectivity index (χ3v) is 6.19. The van der Waals surface area contributed by atoms with Crippen molar-refractivity contribution in [1.82, 2.24) is 10.6 Å². The van der Waals surface area contributed by atoms with Gasteiger partial charge in [0.25, 0.3) is 11.8 Å². The summed E-state index contributed by atoms with van der Waals surface area (Å²) in [5.74, 6) is -0.143. The van der Waals surface area contributed by atoms with Crippen molar-refractivity contribution in [3.8, 4) is 11.5 Å². The molecule has 3 aromatic carbocycles. The summed E-state index contributed by atoms with van der Waals surface area (Å²) in [5.41, 5.74) is 2.56. The molecule has 9 nitrogen and oxygen atoms in total. The fraction of sp³-hybridized carbons (Fsp3) is 0.300. The molecule has 3 aromatic rings. The quantitative estimate of drug-likeness (QED) is 0.271. The zero-order chi connectivity index (χ0) is 28.4. The number of carbonyl (C=O) groups is 3. The van der Waals surface area contributed by atoms with Crippen LogP contribution in [0.15, 0.2) is 66.7 Å². The van der Waals surface area contributed by atoms with Gasteiger partial charge >= 0.3 is 0 Å². The topological polar surface area (TPSA) is 118 Å². The second kappa shape index (κ2) is 14.0. The Labute approximate surface area is 229 Å². The predicted octanol–water partition coefficient (Wildman–Crippen LogP) is 4.60. The summed E-state index contributed by atoms with van der Waals surface area (Å²) in [5, 5.41) is 11.2. The maximum absolute atomic E-state index is 13.3. The smallest absolute Gasteiger partial charge is 0.255 e. The van der Waals surface area contributed by atoms with E-state index in [1.54, 1.807) is 57.4 Å². The summed E-state index contributed by atoms with van der Waals surface area (Å²) < 4.78 is 12.0. The van der Waals surface area contributed by atoms with Crippen LogP contribution in [-0.4, -0.2) is 44.0 Å². The lowest BCUT2D eigenvalue weighted by Gasteiger charge is -2.18. The van der Waals surface area contributed by atoms with Crippen molar-refractivity contribution in [2.45, 2.75) is 45.9 Å². The molecule has 206 valence electrons. The van der Waals surface area contributed by atoms with Gasteiger partial charge < -0.3 is 30.7 Å². The number of nitrogens with one attached hydrogen (secondary N) is 4. The molecule has 39 heavy (non-hydrogen) atoms. The van der Waals surface area contributed by atoms with E-state index in [9.17, 15) is 14.4 Å². The Balaban J connectivity index is 1.89. The monoisotopic (exact) mass is 532 g/mol. The van der Waals surface area contributed by atoms with E-state index in [4.69, 9.17) is 9.47 Å². The van der Waals surface area contributed by atoms with Gasteiger partial charge in [-0.25, -0.2) is 0 Å². The second-order valence-corrected chi connectivity index (χ2v) is 9.07. The van der Waals surface area contributed by atoms with Gasteiger partial charge in [0.15, 0.2) is 0 Å². The molecule has 0 bridgehead atoms. The Morgan fingerprint density at radius 2 is 1.41 bits per heavy atom. The molecule has 0 radical (unpaired) electrons. The standard InChI is InChI=1S/C30H36N4O5/c1-6-19(2)39-27-17-22(29(36)32-5)12-15-25(27)34-30(37)23-13-14-24(33-28(35)20(3)31-4)26(16-23)38-18-21-10-8-7-9-11-21/h7-17,19-20,31H,6,18H2,1-5H3,(H,32,36)(H,33,35)(H,34,37). The minimum absolute atomic E-state index is 0.124. The highest BCUT2D eigenvalue weighted by atomic mass is 16.5. The van der Waals surface area contributed by atoms with Gasteiger partial charge in [-0.1, -0.05) is 37.3 Å². The summed E-state index contributed by atoms with van der Waals surface area (Å²) in [7, 11) is 3.25. The molecular weight excluding hydrogens is 496 g/mol.